The van der Waals surface area contributed by atoms with Crippen LogP contribution in [0, 0.1) is 5.92 Å². The summed E-state index contributed by atoms with van der Waals surface area (Å²) in [5.41, 5.74) is 3.56. The lowest BCUT2D eigenvalue weighted by molar-refractivity contribution is -0.759. The summed E-state index contributed by atoms with van der Waals surface area (Å²) in [5.74, 6) is 3.18. The summed E-state index contributed by atoms with van der Waals surface area (Å²) in [6, 6.07) is 0. The highest BCUT2D eigenvalue weighted by molar-refractivity contribution is 4.94. The average molecular weight is 361 g/mol. The van der Waals surface area contributed by atoms with Gasteiger partial charge in [-0.3, -0.25) is 5.43 Å². The van der Waals surface area contributed by atoms with Crippen LogP contribution in [-0.2, 0) is 19.4 Å². The molecule has 0 spiro atoms. The Bertz CT molecular complexity index is 388. The summed E-state index contributed by atoms with van der Waals surface area (Å²) >= 11 is 0. The summed E-state index contributed by atoms with van der Waals surface area (Å²) in [6.45, 7) is 13.2. The van der Waals surface area contributed by atoms with Gasteiger partial charge in [-0.05, 0) is 23.9 Å². The third-order valence-electron chi connectivity index (χ3n) is 3.65. The molecule has 4 nitrogen and oxygen atoms in total. The Labute approximate surface area is 141 Å². The summed E-state index contributed by atoms with van der Waals surface area (Å²) < 4.78 is 4.43. The Morgan fingerprint density at radius 2 is 1.86 bits per heavy atom. The Balaban J connectivity index is 0.00000400. The van der Waals surface area contributed by atoms with Crippen LogP contribution in [0.15, 0.2) is 0 Å². The lowest BCUT2D eigenvalue weighted by atomic mass is 10.1. The maximum Gasteiger partial charge on any atom is 0.301 e. The van der Waals surface area contributed by atoms with Crippen LogP contribution in [0.4, 0.5) is 0 Å². The van der Waals surface area contributed by atoms with Gasteiger partial charge < -0.3 is 17.0 Å². The number of nitrogens with one attached hydrogen (secondary N) is 1. The second-order valence-electron chi connectivity index (χ2n) is 5.90. The third kappa shape index (κ3) is 6.37. The summed E-state index contributed by atoms with van der Waals surface area (Å²) in [5, 5.41) is 4.79. The second kappa shape index (κ2) is 11.0. The van der Waals surface area contributed by atoms with Gasteiger partial charge in [0, 0.05) is 6.42 Å². The second-order valence-corrected chi connectivity index (χ2v) is 5.90. The van der Waals surface area contributed by atoms with E-state index in [4.69, 9.17) is 5.10 Å². The molecule has 5 heteroatoms. The largest absolute Gasteiger partial charge is 1.00 e. The predicted molar refractivity (Wildman–Crippen MR) is 84.4 cm³/mol. The molecule has 1 aromatic heterocycles. The number of hydrogen-bond acceptors (Lipinski definition) is 2. The number of nitrogens with zero attached hydrogens (tertiary/aromatic N) is 3. The molecule has 0 radical (unpaired) electrons. The van der Waals surface area contributed by atoms with E-state index in [2.05, 4.69) is 49.4 Å². The molecule has 21 heavy (non-hydrogen) atoms. The van der Waals surface area contributed by atoms with Crippen molar-refractivity contribution in [2.45, 2.75) is 79.7 Å². The molecule has 0 fully saturated rings. The van der Waals surface area contributed by atoms with Gasteiger partial charge in [0.05, 0.1) is 13.0 Å². The SMILES string of the molecule is CCCCCNn1c(CC)n[n+](CCC(C)C)c1CC.[Br-]. The van der Waals surface area contributed by atoms with Gasteiger partial charge in [0.2, 0.25) is 0 Å². The Kier molecular flexibility index (Phi) is 10.7. The lowest BCUT2D eigenvalue weighted by Gasteiger charge is -2.05. The highest BCUT2D eigenvalue weighted by atomic mass is 79.9. The van der Waals surface area contributed by atoms with Crippen molar-refractivity contribution < 1.29 is 21.7 Å². The van der Waals surface area contributed by atoms with Crippen molar-refractivity contribution in [3.8, 4) is 0 Å². The highest BCUT2D eigenvalue weighted by Crippen LogP contribution is 2.04. The molecule has 0 saturated heterocycles. The fraction of sp³-hybridized carbons (Fsp3) is 0.875. The minimum absolute atomic E-state index is 0. The van der Waals surface area contributed by atoms with E-state index in [1.54, 1.807) is 0 Å². The van der Waals surface area contributed by atoms with Gasteiger partial charge >= 0.3 is 5.82 Å². The normalized spacial score (nSPS) is 10.8. The number of hydrogen-bond donors (Lipinski definition) is 1. The van der Waals surface area contributed by atoms with Crippen molar-refractivity contribution in [2.24, 2.45) is 5.92 Å². The third-order valence-corrected chi connectivity index (χ3v) is 3.65. The molecule has 0 unspecified atom stereocenters. The van der Waals surface area contributed by atoms with Gasteiger partial charge in [0.25, 0.3) is 5.82 Å². The van der Waals surface area contributed by atoms with Crippen LogP contribution >= 0.6 is 0 Å². The van der Waals surface area contributed by atoms with Crippen LogP contribution in [0.3, 0.4) is 0 Å². The molecular formula is C16H33BrN4. The van der Waals surface area contributed by atoms with Crippen molar-refractivity contribution in [1.29, 1.82) is 0 Å². The molecule has 0 saturated carbocycles. The number of unbranched alkanes of at least 4 members (excludes halogenated alkanes) is 2. The van der Waals surface area contributed by atoms with Crippen LogP contribution in [0.5, 0.6) is 0 Å². The van der Waals surface area contributed by atoms with E-state index in [-0.39, 0.29) is 17.0 Å². The molecule has 124 valence electrons. The van der Waals surface area contributed by atoms with Gasteiger partial charge in [-0.25, -0.2) is 0 Å². The zero-order valence-electron chi connectivity index (χ0n) is 14.5. The molecule has 0 aliphatic rings. The molecule has 1 rings (SSSR count). The Morgan fingerprint density at radius 3 is 2.38 bits per heavy atom. The van der Waals surface area contributed by atoms with Crippen LogP contribution < -0.4 is 27.1 Å². The van der Waals surface area contributed by atoms with E-state index in [1.165, 1.54) is 31.5 Å². The molecule has 0 atom stereocenters. The van der Waals surface area contributed by atoms with E-state index in [9.17, 15) is 0 Å². The first-order chi connectivity index (χ1) is 9.63. The van der Waals surface area contributed by atoms with E-state index in [0.717, 1.165) is 37.7 Å². The fourth-order valence-electron chi connectivity index (χ4n) is 2.38. The monoisotopic (exact) mass is 360 g/mol. The number of aromatic nitrogens is 3. The van der Waals surface area contributed by atoms with Crippen LogP contribution in [0.2, 0.25) is 0 Å². The molecular weight excluding hydrogens is 328 g/mol. The zero-order valence-corrected chi connectivity index (χ0v) is 16.0. The first kappa shape index (κ1) is 20.4. The average Bonchev–Trinajstić information content (AvgIpc) is 2.78. The molecule has 1 N–H and O–H groups in total. The summed E-state index contributed by atoms with van der Waals surface area (Å²) in [4.78, 5) is 0. The van der Waals surface area contributed by atoms with Crippen LogP contribution in [0.25, 0.3) is 0 Å². The first-order valence-corrected chi connectivity index (χ1v) is 8.38. The topological polar surface area (TPSA) is 33.7 Å². The Hall–Kier alpha value is -0.580. The van der Waals surface area contributed by atoms with Crippen molar-refractivity contribution >= 4 is 0 Å². The van der Waals surface area contributed by atoms with E-state index in [0.29, 0.717) is 0 Å². The molecule has 1 heterocycles. The minimum Gasteiger partial charge on any atom is -1.00 e. The first-order valence-electron chi connectivity index (χ1n) is 8.38. The van der Waals surface area contributed by atoms with Gasteiger partial charge in [-0.15, -0.1) is 9.36 Å². The van der Waals surface area contributed by atoms with Crippen molar-refractivity contribution in [2.75, 3.05) is 12.0 Å². The molecule has 0 aromatic carbocycles. The molecule has 1 aromatic rings. The fourth-order valence-corrected chi connectivity index (χ4v) is 2.38. The van der Waals surface area contributed by atoms with Gasteiger partial charge in [0.15, 0.2) is 0 Å². The van der Waals surface area contributed by atoms with Gasteiger partial charge in [-0.2, -0.15) is 0 Å². The van der Waals surface area contributed by atoms with Gasteiger partial charge in [-0.1, -0.05) is 47.5 Å². The molecule has 0 aliphatic heterocycles. The maximum atomic E-state index is 4.79. The van der Waals surface area contributed by atoms with Crippen LogP contribution in [0.1, 0.15) is 72.0 Å². The molecule has 0 bridgehead atoms. The number of halogens is 1. The highest BCUT2D eigenvalue weighted by Gasteiger charge is 2.23. The van der Waals surface area contributed by atoms with Crippen molar-refractivity contribution in [3.63, 3.8) is 0 Å². The molecule has 0 aliphatic carbocycles. The van der Waals surface area contributed by atoms with E-state index < -0.39 is 0 Å². The smallest absolute Gasteiger partial charge is 0.301 e. The summed E-state index contributed by atoms with van der Waals surface area (Å²) in [7, 11) is 0. The maximum absolute atomic E-state index is 4.79. The zero-order chi connectivity index (χ0) is 15.0. The molecule has 0 amide bonds. The Morgan fingerprint density at radius 1 is 1.14 bits per heavy atom. The number of aryl methyl sites for hydroxylation is 2. The minimum atomic E-state index is 0. The number of rotatable bonds is 10. The van der Waals surface area contributed by atoms with E-state index >= 15 is 0 Å². The van der Waals surface area contributed by atoms with Crippen molar-refractivity contribution in [1.82, 2.24) is 9.77 Å². The predicted octanol–water partition coefficient (Wildman–Crippen LogP) is 0.0792. The summed E-state index contributed by atoms with van der Waals surface area (Å²) in [6.07, 6.45) is 6.97. The lowest BCUT2D eigenvalue weighted by Crippen LogP contribution is -3.00. The van der Waals surface area contributed by atoms with Gasteiger partial charge in [0.1, 0.15) is 6.54 Å². The van der Waals surface area contributed by atoms with E-state index in [1.807, 2.05) is 0 Å². The quantitative estimate of drug-likeness (QED) is 0.473. The van der Waals surface area contributed by atoms with Crippen molar-refractivity contribution in [3.05, 3.63) is 11.6 Å². The van der Waals surface area contributed by atoms with Crippen LogP contribution in [-0.4, -0.2) is 16.3 Å². The standard InChI is InChI=1S/C16H33N4.BrH/c1-6-9-10-12-17-20-15(7-2)18-19(16(20)8-3)13-11-14(4)5;/h14,17H,6-13H2,1-5H3;1H/q+1;/p-1.